The van der Waals surface area contributed by atoms with E-state index in [1.165, 1.54) is 12.8 Å². The maximum atomic E-state index is 12.2. The minimum Gasteiger partial charge on any atom is -0.339 e. The Morgan fingerprint density at radius 1 is 1.11 bits per heavy atom. The molecule has 19 heavy (non-hydrogen) atoms. The Morgan fingerprint density at radius 2 is 1.68 bits per heavy atom. The lowest BCUT2D eigenvalue weighted by Crippen LogP contribution is -2.50. The molecule has 2 aliphatic heterocycles. The summed E-state index contributed by atoms with van der Waals surface area (Å²) < 4.78 is 0. The Morgan fingerprint density at radius 3 is 2.21 bits per heavy atom. The lowest BCUT2D eigenvalue weighted by atomic mass is 9.75. The summed E-state index contributed by atoms with van der Waals surface area (Å²) >= 11 is 0. The molecule has 110 valence electrons. The minimum atomic E-state index is 0.315. The number of piperidine rings is 1. The molecule has 2 aliphatic rings. The molecule has 2 fully saturated rings. The van der Waals surface area contributed by atoms with Gasteiger partial charge in [-0.3, -0.25) is 9.69 Å². The van der Waals surface area contributed by atoms with Crippen LogP contribution in [0.2, 0.25) is 0 Å². The molecule has 0 aromatic carbocycles. The molecule has 0 aromatic rings. The second-order valence-electron chi connectivity index (χ2n) is 7.05. The van der Waals surface area contributed by atoms with Gasteiger partial charge in [0.15, 0.2) is 0 Å². The van der Waals surface area contributed by atoms with Crippen LogP contribution < -0.4 is 5.32 Å². The van der Waals surface area contributed by atoms with Gasteiger partial charge in [-0.25, -0.2) is 0 Å². The molecule has 0 saturated carbocycles. The number of amides is 1. The molecule has 4 heteroatoms. The fraction of sp³-hybridized carbons (Fsp3) is 0.933. The average molecular weight is 267 g/mol. The molecule has 2 heterocycles. The molecule has 2 rings (SSSR count). The maximum absolute atomic E-state index is 12.2. The first-order chi connectivity index (χ1) is 8.97. The molecular weight excluding hydrogens is 238 g/mol. The molecule has 0 spiro atoms. The van der Waals surface area contributed by atoms with Gasteiger partial charge < -0.3 is 10.2 Å². The first-order valence-electron chi connectivity index (χ1n) is 7.67. The lowest BCUT2D eigenvalue weighted by molar-refractivity contribution is -0.133. The zero-order valence-corrected chi connectivity index (χ0v) is 12.7. The van der Waals surface area contributed by atoms with Crippen LogP contribution in [0, 0.1) is 11.3 Å². The molecule has 1 amide bonds. The average Bonchev–Trinajstić information content (AvgIpc) is 2.39. The lowest BCUT2D eigenvalue weighted by Gasteiger charge is -2.39. The normalized spacial score (nSPS) is 23.6. The van der Waals surface area contributed by atoms with E-state index in [0.717, 1.165) is 45.2 Å². The number of hydrogen-bond donors (Lipinski definition) is 1. The van der Waals surface area contributed by atoms with Crippen LogP contribution in [0.3, 0.4) is 0 Å². The van der Waals surface area contributed by atoms with Gasteiger partial charge in [0.1, 0.15) is 0 Å². The number of rotatable bonds is 2. The van der Waals surface area contributed by atoms with Gasteiger partial charge in [0, 0.05) is 26.2 Å². The van der Waals surface area contributed by atoms with Crippen molar-refractivity contribution < 1.29 is 4.79 Å². The van der Waals surface area contributed by atoms with Crippen molar-refractivity contribution in [2.24, 2.45) is 11.3 Å². The summed E-state index contributed by atoms with van der Waals surface area (Å²) in [7, 11) is 0. The number of piperazine rings is 1. The van der Waals surface area contributed by atoms with Crippen LogP contribution in [0.4, 0.5) is 0 Å². The highest BCUT2D eigenvalue weighted by molar-refractivity contribution is 5.78. The molecule has 4 nitrogen and oxygen atoms in total. The smallest absolute Gasteiger partial charge is 0.236 e. The molecule has 0 aromatic heterocycles. The van der Waals surface area contributed by atoms with Crippen molar-refractivity contribution in [2.75, 3.05) is 45.8 Å². The van der Waals surface area contributed by atoms with Crippen molar-refractivity contribution >= 4 is 5.91 Å². The number of likely N-dealkylation sites (tertiary alicyclic amines) is 1. The van der Waals surface area contributed by atoms with Crippen LogP contribution >= 0.6 is 0 Å². The monoisotopic (exact) mass is 267 g/mol. The van der Waals surface area contributed by atoms with E-state index in [1.807, 2.05) is 4.90 Å². The Kier molecular flexibility index (Phi) is 4.85. The van der Waals surface area contributed by atoms with E-state index in [0.29, 0.717) is 17.9 Å². The summed E-state index contributed by atoms with van der Waals surface area (Å²) in [5.41, 5.74) is 0.411. The van der Waals surface area contributed by atoms with E-state index in [2.05, 4.69) is 31.0 Å². The van der Waals surface area contributed by atoms with Crippen molar-refractivity contribution in [1.29, 1.82) is 0 Å². The molecule has 1 N–H and O–H groups in total. The molecule has 0 unspecified atom stereocenters. The third-order valence-corrected chi connectivity index (χ3v) is 4.64. The summed E-state index contributed by atoms with van der Waals surface area (Å²) in [5, 5.41) is 3.29. The van der Waals surface area contributed by atoms with E-state index in [4.69, 9.17) is 0 Å². The number of carbonyl (C=O) groups is 1. The van der Waals surface area contributed by atoms with Crippen LogP contribution in [0.5, 0.6) is 0 Å². The van der Waals surface area contributed by atoms with Gasteiger partial charge in [-0.15, -0.1) is 0 Å². The first-order valence-corrected chi connectivity index (χ1v) is 7.67. The van der Waals surface area contributed by atoms with Gasteiger partial charge in [-0.2, -0.15) is 0 Å². The SMILES string of the molecule is CC(C)(C)C1CCN(CC(=O)N2CCNCC2)CC1. The van der Waals surface area contributed by atoms with Crippen molar-refractivity contribution in [1.82, 2.24) is 15.1 Å². The van der Waals surface area contributed by atoms with E-state index in [9.17, 15) is 4.79 Å². The predicted octanol–water partition coefficient (Wildman–Crippen LogP) is 1.18. The summed E-state index contributed by atoms with van der Waals surface area (Å²) in [4.78, 5) is 16.5. The zero-order chi connectivity index (χ0) is 13.9. The molecule has 0 bridgehead atoms. The second-order valence-corrected chi connectivity index (χ2v) is 7.05. The Hall–Kier alpha value is -0.610. The quantitative estimate of drug-likeness (QED) is 0.816. The highest BCUT2D eigenvalue weighted by Gasteiger charge is 2.29. The van der Waals surface area contributed by atoms with Crippen molar-refractivity contribution in [3.05, 3.63) is 0 Å². The summed E-state index contributed by atoms with van der Waals surface area (Å²) in [5.74, 6) is 1.12. The number of nitrogens with zero attached hydrogens (tertiary/aromatic N) is 2. The number of nitrogens with one attached hydrogen (secondary N) is 1. The Bertz CT molecular complexity index is 297. The standard InChI is InChI=1S/C15H29N3O/c1-15(2,3)13-4-8-17(9-5-13)12-14(19)18-10-6-16-7-11-18/h13,16H,4-12H2,1-3H3. The zero-order valence-electron chi connectivity index (χ0n) is 12.7. The van der Waals surface area contributed by atoms with Gasteiger partial charge in [-0.1, -0.05) is 20.8 Å². The molecule has 0 radical (unpaired) electrons. The van der Waals surface area contributed by atoms with Crippen LogP contribution in [-0.4, -0.2) is 61.5 Å². The van der Waals surface area contributed by atoms with Gasteiger partial charge in [0.05, 0.1) is 6.54 Å². The highest BCUT2D eigenvalue weighted by atomic mass is 16.2. The van der Waals surface area contributed by atoms with Crippen LogP contribution in [0.15, 0.2) is 0 Å². The molecular formula is C15H29N3O. The van der Waals surface area contributed by atoms with Crippen molar-refractivity contribution in [2.45, 2.75) is 33.6 Å². The van der Waals surface area contributed by atoms with E-state index in [-0.39, 0.29) is 0 Å². The Labute approximate surface area is 117 Å². The van der Waals surface area contributed by atoms with E-state index in [1.54, 1.807) is 0 Å². The second kappa shape index (κ2) is 6.23. The van der Waals surface area contributed by atoms with Gasteiger partial charge in [0.25, 0.3) is 0 Å². The van der Waals surface area contributed by atoms with Gasteiger partial charge in [-0.05, 0) is 37.3 Å². The largest absolute Gasteiger partial charge is 0.339 e. The highest BCUT2D eigenvalue weighted by Crippen LogP contribution is 2.34. The third-order valence-electron chi connectivity index (χ3n) is 4.64. The fourth-order valence-electron chi connectivity index (χ4n) is 3.16. The summed E-state index contributed by atoms with van der Waals surface area (Å²) in [6.45, 7) is 13.4. The first kappa shape index (κ1) is 14.8. The number of carbonyl (C=O) groups excluding carboxylic acids is 1. The summed E-state index contributed by atoms with van der Waals surface area (Å²) in [6.07, 6.45) is 2.47. The van der Waals surface area contributed by atoms with E-state index < -0.39 is 0 Å². The van der Waals surface area contributed by atoms with Crippen molar-refractivity contribution in [3.63, 3.8) is 0 Å². The molecule has 2 saturated heterocycles. The fourth-order valence-corrected chi connectivity index (χ4v) is 3.16. The van der Waals surface area contributed by atoms with E-state index >= 15 is 0 Å². The van der Waals surface area contributed by atoms with Crippen molar-refractivity contribution in [3.8, 4) is 0 Å². The minimum absolute atomic E-state index is 0.315. The van der Waals surface area contributed by atoms with Gasteiger partial charge in [0.2, 0.25) is 5.91 Å². The molecule has 0 atom stereocenters. The predicted molar refractivity (Wildman–Crippen MR) is 78.1 cm³/mol. The number of hydrogen-bond acceptors (Lipinski definition) is 3. The van der Waals surface area contributed by atoms with Crippen LogP contribution in [0.1, 0.15) is 33.6 Å². The Balaban J connectivity index is 1.74. The topological polar surface area (TPSA) is 35.6 Å². The van der Waals surface area contributed by atoms with Crippen LogP contribution in [-0.2, 0) is 4.79 Å². The van der Waals surface area contributed by atoms with Gasteiger partial charge >= 0.3 is 0 Å². The molecule has 0 aliphatic carbocycles. The van der Waals surface area contributed by atoms with Crippen LogP contribution in [0.25, 0.3) is 0 Å². The summed E-state index contributed by atoms with van der Waals surface area (Å²) in [6, 6.07) is 0. The maximum Gasteiger partial charge on any atom is 0.236 e. The third kappa shape index (κ3) is 4.18.